The number of hydrogen-bond donors (Lipinski definition) is 1. The summed E-state index contributed by atoms with van der Waals surface area (Å²) in [4.78, 5) is 0. The van der Waals surface area contributed by atoms with Crippen LogP contribution in [0.2, 0.25) is 0 Å². The molecule has 1 fully saturated rings. The Hall–Kier alpha value is -1.02. The molecule has 0 aliphatic carbocycles. The van der Waals surface area contributed by atoms with Gasteiger partial charge in [0.1, 0.15) is 0 Å². The van der Waals surface area contributed by atoms with Crippen LogP contribution in [0, 0.1) is 0 Å². The van der Waals surface area contributed by atoms with E-state index in [1.807, 2.05) is 18.2 Å². The smallest absolute Gasteiger partial charge is 0.0751 e. The largest absolute Gasteiger partial charge is 0.382 e. The Bertz CT molecular complexity index is 273. The van der Waals surface area contributed by atoms with Crippen molar-refractivity contribution in [2.45, 2.75) is 32.0 Å². The highest BCUT2D eigenvalue weighted by atomic mass is 16.5. The molecule has 1 aromatic rings. The van der Waals surface area contributed by atoms with Crippen LogP contribution in [0.1, 0.15) is 19.8 Å². The molecular formula is C12H17NO. The van der Waals surface area contributed by atoms with E-state index in [0.29, 0.717) is 12.2 Å². The fraction of sp³-hybridized carbons (Fsp3) is 0.500. The average molecular weight is 191 g/mol. The molecule has 0 radical (unpaired) electrons. The van der Waals surface area contributed by atoms with Gasteiger partial charge in [0, 0.05) is 12.2 Å². The standard InChI is InChI=1S/C12H17NO/c1-10-7-8-12(14-10)9-13-11-5-3-2-4-6-11/h2-6,10,12-13H,7-9H2,1H3. The van der Waals surface area contributed by atoms with Crippen molar-refractivity contribution in [2.75, 3.05) is 11.9 Å². The topological polar surface area (TPSA) is 21.3 Å². The fourth-order valence-electron chi connectivity index (χ4n) is 1.82. The van der Waals surface area contributed by atoms with Crippen LogP contribution < -0.4 is 5.32 Å². The van der Waals surface area contributed by atoms with Gasteiger partial charge in [-0.2, -0.15) is 0 Å². The maximum absolute atomic E-state index is 5.72. The van der Waals surface area contributed by atoms with E-state index in [4.69, 9.17) is 4.74 Å². The van der Waals surface area contributed by atoms with Crippen LogP contribution in [-0.4, -0.2) is 18.8 Å². The van der Waals surface area contributed by atoms with Crippen molar-refractivity contribution in [1.29, 1.82) is 0 Å². The summed E-state index contributed by atoms with van der Waals surface area (Å²) in [6, 6.07) is 10.3. The van der Waals surface area contributed by atoms with Crippen molar-refractivity contribution in [3.8, 4) is 0 Å². The number of para-hydroxylation sites is 1. The SMILES string of the molecule is CC1CCC(CNc2ccccc2)O1. The van der Waals surface area contributed by atoms with E-state index in [-0.39, 0.29) is 0 Å². The molecule has 1 heterocycles. The Balaban J connectivity index is 1.78. The molecule has 2 unspecified atom stereocenters. The summed E-state index contributed by atoms with van der Waals surface area (Å²) in [7, 11) is 0. The Labute approximate surface area is 85.3 Å². The molecule has 1 aliphatic rings. The maximum Gasteiger partial charge on any atom is 0.0751 e. The van der Waals surface area contributed by atoms with Crippen LogP contribution in [0.3, 0.4) is 0 Å². The zero-order valence-electron chi connectivity index (χ0n) is 8.57. The molecule has 14 heavy (non-hydrogen) atoms. The number of benzene rings is 1. The van der Waals surface area contributed by atoms with Crippen LogP contribution in [-0.2, 0) is 4.74 Å². The second kappa shape index (κ2) is 4.47. The predicted octanol–water partition coefficient (Wildman–Crippen LogP) is 2.67. The Morgan fingerprint density at radius 2 is 2.07 bits per heavy atom. The molecule has 0 saturated carbocycles. The summed E-state index contributed by atoms with van der Waals surface area (Å²) >= 11 is 0. The van der Waals surface area contributed by atoms with E-state index in [1.165, 1.54) is 18.5 Å². The van der Waals surface area contributed by atoms with Crippen LogP contribution >= 0.6 is 0 Å². The van der Waals surface area contributed by atoms with Gasteiger partial charge < -0.3 is 10.1 Å². The summed E-state index contributed by atoms with van der Waals surface area (Å²) in [5.74, 6) is 0. The molecule has 0 aromatic heterocycles. The van der Waals surface area contributed by atoms with E-state index in [1.54, 1.807) is 0 Å². The number of ether oxygens (including phenoxy) is 1. The number of nitrogens with one attached hydrogen (secondary N) is 1. The lowest BCUT2D eigenvalue weighted by molar-refractivity contribution is 0.0637. The van der Waals surface area contributed by atoms with Gasteiger partial charge in [0.05, 0.1) is 12.2 Å². The van der Waals surface area contributed by atoms with Crippen molar-refractivity contribution in [3.63, 3.8) is 0 Å². The van der Waals surface area contributed by atoms with Crippen LogP contribution in [0.25, 0.3) is 0 Å². The molecule has 1 aliphatic heterocycles. The lowest BCUT2D eigenvalue weighted by Gasteiger charge is -2.12. The highest BCUT2D eigenvalue weighted by Gasteiger charge is 2.20. The van der Waals surface area contributed by atoms with Crippen molar-refractivity contribution < 1.29 is 4.74 Å². The summed E-state index contributed by atoms with van der Waals surface area (Å²) < 4.78 is 5.72. The minimum absolute atomic E-state index is 0.394. The van der Waals surface area contributed by atoms with E-state index < -0.39 is 0 Å². The quantitative estimate of drug-likeness (QED) is 0.793. The van der Waals surface area contributed by atoms with Crippen molar-refractivity contribution in [1.82, 2.24) is 0 Å². The molecule has 1 aromatic carbocycles. The Morgan fingerprint density at radius 1 is 1.29 bits per heavy atom. The minimum atomic E-state index is 0.394. The lowest BCUT2D eigenvalue weighted by Crippen LogP contribution is -2.19. The van der Waals surface area contributed by atoms with E-state index in [2.05, 4.69) is 24.4 Å². The maximum atomic E-state index is 5.72. The van der Waals surface area contributed by atoms with Gasteiger partial charge in [-0.1, -0.05) is 18.2 Å². The first kappa shape index (κ1) is 9.53. The molecule has 0 amide bonds. The molecule has 0 spiro atoms. The molecule has 1 N–H and O–H groups in total. The van der Waals surface area contributed by atoms with E-state index in [0.717, 1.165) is 6.54 Å². The van der Waals surface area contributed by atoms with E-state index >= 15 is 0 Å². The van der Waals surface area contributed by atoms with Crippen LogP contribution in [0.5, 0.6) is 0 Å². The van der Waals surface area contributed by atoms with Gasteiger partial charge in [-0.05, 0) is 31.9 Å². The predicted molar refractivity (Wildman–Crippen MR) is 58.5 cm³/mol. The number of hydrogen-bond acceptors (Lipinski definition) is 2. The van der Waals surface area contributed by atoms with Gasteiger partial charge in [-0.3, -0.25) is 0 Å². The molecule has 2 nitrogen and oxygen atoms in total. The molecule has 2 heteroatoms. The second-order valence-electron chi connectivity index (χ2n) is 3.89. The summed E-state index contributed by atoms with van der Waals surface area (Å²) in [6.45, 7) is 3.07. The zero-order chi connectivity index (χ0) is 9.80. The monoisotopic (exact) mass is 191 g/mol. The van der Waals surface area contributed by atoms with Crippen molar-refractivity contribution >= 4 is 5.69 Å². The first-order chi connectivity index (χ1) is 6.84. The summed E-state index contributed by atoms with van der Waals surface area (Å²) in [5, 5.41) is 3.38. The van der Waals surface area contributed by atoms with Gasteiger partial charge in [0.2, 0.25) is 0 Å². The molecule has 2 atom stereocenters. The third-order valence-corrected chi connectivity index (χ3v) is 2.63. The molecule has 76 valence electrons. The molecule has 0 bridgehead atoms. The zero-order valence-corrected chi connectivity index (χ0v) is 8.57. The average Bonchev–Trinajstić information content (AvgIpc) is 2.63. The van der Waals surface area contributed by atoms with E-state index in [9.17, 15) is 0 Å². The molecule has 1 saturated heterocycles. The Kier molecular flexibility index (Phi) is 3.04. The summed E-state index contributed by atoms with van der Waals surface area (Å²) in [6.07, 6.45) is 3.21. The van der Waals surface area contributed by atoms with Gasteiger partial charge in [-0.15, -0.1) is 0 Å². The fourth-order valence-corrected chi connectivity index (χ4v) is 1.82. The van der Waals surface area contributed by atoms with Gasteiger partial charge in [0.15, 0.2) is 0 Å². The first-order valence-corrected chi connectivity index (χ1v) is 5.29. The third kappa shape index (κ3) is 2.48. The van der Waals surface area contributed by atoms with Gasteiger partial charge in [-0.25, -0.2) is 0 Å². The first-order valence-electron chi connectivity index (χ1n) is 5.29. The van der Waals surface area contributed by atoms with Gasteiger partial charge >= 0.3 is 0 Å². The van der Waals surface area contributed by atoms with Crippen molar-refractivity contribution in [2.24, 2.45) is 0 Å². The van der Waals surface area contributed by atoms with Crippen LogP contribution in [0.15, 0.2) is 30.3 Å². The minimum Gasteiger partial charge on any atom is -0.382 e. The highest BCUT2D eigenvalue weighted by molar-refractivity contribution is 5.42. The normalized spacial score (nSPS) is 26.4. The Morgan fingerprint density at radius 3 is 2.71 bits per heavy atom. The second-order valence-corrected chi connectivity index (χ2v) is 3.89. The van der Waals surface area contributed by atoms with Gasteiger partial charge in [0.25, 0.3) is 0 Å². The lowest BCUT2D eigenvalue weighted by atomic mass is 10.2. The van der Waals surface area contributed by atoms with Crippen LogP contribution in [0.4, 0.5) is 5.69 Å². The number of rotatable bonds is 3. The third-order valence-electron chi connectivity index (χ3n) is 2.63. The number of anilines is 1. The molecule has 2 rings (SSSR count). The highest BCUT2D eigenvalue weighted by Crippen LogP contribution is 2.19. The summed E-state index contributed by atoms with van der Waals surface area (Å²) in [5.41, 5.74) is 1.18. The molecular weight excluding hydrogens is 174 g/mol. The van der Waals surface area contributed by atoms with Crippen molar-refractivity contribution in [3.05, 3.63) is 30.3 Å².